The molecule has 0 fully saturated rings. The number of nitrogens with zero attached hydrogens (tertiary/aromatic N) is 3. The van der Waals surface area contributed by atoms with E-state index in [9.17, 15) is 31.2 Å². The molecule has 2 aromatic heterocycles. The molecular formula is C29H26F3N5O4S. The Bertz CT molecular complexity index is 2000. The van der Waals surface area contributed by atoms with Crippen LogP contribution in [-0.2, 0) is 29.5 Å². The topological polar surface area (TPSA) is 119 Å². The van der Waals surface area contributed by atoms with Crippen LogP contribution in [0.1, 0.15) is 36.7 Å². The van der Waals surface area contributed by atoms with Crippen LogP contribution in [0.4, 0.5) is 18.9 Å². The molecule has 0 unspecified atom stereocenters. The smallest absolute Gasteiger partial charge is 0.333 e. The van der Waals surface area contributed by atoms with Gasteiger partial charge in [-0.25, -0.2) is 31.4 Å². The maximum Gasteiger partial charge on any atom is 0.333 e. The zero-order valence-corrected chi connectivity index (χ0v) is 23.2. The Labute approximate surface area is 238 Å². The van der Waals surface area contributed by atoms with E-state index in [1.165, 1.54) is 34.9 Å². The molecule has 0 saturated carbocycles. The van der Waals surface area contributed by atoms with Gasteiger partial charge in [-0.05, 0) is 42.3 Å². The van der Waals surface area contributed by atoms with Crippen LogP contribution < -0.4 is 16.0 Å². The standard InChI is InChI=1S/C29H26F3N5O4S/c1-2-3-14-36-27-26(28(38)37(29(36)39)17-19-6-4-5-7-22(19)31)33-25(34-27)15-18-8-11-21(12-9-18)35-42(40,41)24-13-10-20(30)16-23(24)32/h4-13,16,35H,2-3,14-15,17H2,1H3,(H,33,34). The highest BCUT2D eigenvalue weighted by atomic mass is 32.2. The molecule has 0 aliphatic heterocycles. The zero-order chi connectivity index (χ0) is 30.0. The molecule has 3 aromatic carbocycles. The van der Waals surface area contributed by atoms with Gasteiger partial charge in [-0.1, -0.05) is 43.7 Å². The normalized spacial score (nSPS) is 11.7. The number of H-pyrrole nitrogens is 1. The van der Waals surface area contributed by atoms with E-state index >= 15 is 0 Å². The minimum atomic E-state index is -4.30. The monoisotopic (exact) mass is 597 g/mol. The van der Waals surface area contributed by atoms with Crippen molar-refractivity contribution in [3.63, 3.8) is 0 Å². The number of nitrogens with one attached hydrogen (secondary N) is 2. The van der Waals surface area contributed by atoms with Crippen molar-refractivity contribution in [2.45, 2.75) is 44.2 Å². The first-order valence-corrected chi connectivity index (χ1v) is 14.6. The van der Waals surface area contributed by atoms with E-state index in [1.54, 1.807) is 18.2 Å². The van der Waals surface area contributed by atoms with E-state index in [-0.39, 0.29) is 35.4 Å². The van der Waals surface area contributed by atoms with Gasteiger partial charge in [-0.2, -0.15) is 0 Å². The summed E-state index contributed by atoms with van der Waals surface area (Å²) in [4.78, 5) is 33.5. The lowest BCUT2D eigenvalue weighted by molar-refractivity contribution is 0.551. The molecule has 0 radical (unpaired) electrons. The summed E-state index contributed by atoms with van der Waals surface area (Å²) < 4.78 is 71.3. The van der Waals surface area contributed by atoms with E-state index in [0.717, 1.165) is 23.1 Å². The highest BCUT2D eigenvalue weighted by Gasteiger charge is 2.21. The molecule has 42 heavy (non-hydrogen) atoms. The van der Waals surface area contributed by atoms with Gasteiger partial charge in [-0.3, -0.25) is 18.7 Å². The third kappa shape index (κ3) is 5.86. The van der Waals surface area contributed by atoms with Crippen molar-refractivity contribution in [2.75, 3.05) is 4.72 Å². The number of imidazole rings is 1. The molecule has 5 rings (SSSR count). The summed E-state index contributed by atoms with van der Waals surface area (Å²) in [6, 6.07) is 14.3. The molecule has 218 valence electrons. The van der Waals surface area contributed by atoms with Crippen LogP contribution >= 0.6 is 0 Å². The second kappa shape index (κ2) is 11.7. The minimum absolute atomic E-state index is 0.114. The van der Waals surface area contributed by atoms with E-state index in [4.69, 9.17) is 0 Å². The van der Waals surface area contributed by atoms with Gasteiger partial charge >= 0.3 is 5.69 Å². The van der Waals surface area contributed by atoms with Crippen LogP contribution in [-0.4, -0.2) is 27.5 Å². The third-order valence-electron chi connectivity index (χ3n) is 6.69. The summed E-state index contributed by atoms with van der Waals surface area (Å²) in [6.45, 7) is 2.05. The second-order valence-electron chi connectivity index (χ2n) is 9.71. The van der Waals surface area contributed by atoms with Gasteiger partial charge < -0.3 is 4.98 Å². The van der Waals surface area contributed by atoms with Gasteiger partial charge in [-0.15, -0.1) is 0 Å². The Hall–Kier alpha value is -4.65. The molecule has 9 nitrogen and oxygen atoms in total. The van der Waals surface area contributed by atoms with Crippen LogP contribution in [0.25, 0.3) is 11.2 Å². The molecule has 0 spiro atoms. The number of hydrogen-bond donors (Lipinski definition) is 2. The first kappa shape index (κ1) is 28.9. The summed E-state index contributed by atoms with van der Waals surface area (Å²) in [5, 5.41) is 0. The van der Waals surface area contributed by atoms with Crippen molar-refractivity contribution in [2.24, 2.45) is 0 Å². The first-order valence-electron chi connectivity index (χ1n) is 13.1. The maximum absolute atomic E-state index is 14.3. The van der Waals surface area contributed by atoms with Gasteiger partial charge in [0.15, 0.2) is 5.65 Å². The van der Waals surface area contributed by atoms with Crippen molar-refractivity contribution in [1.82, 2.24) is 19.1 Å². The lowest BCUT2D eigenvalue weighted by Gasteiger charge is -2.11. The molecule has 5 aromatic rings. The Morgan fingerprint density at radius 2 is 1.67 bits per heavy atom. The van der Waals surface area contributed by atoms with Crippen molar-refractivity contribution in [3.8, 4) is 0 Å². The van der Waals surface area contributed by atoms with Crippen molar-refractivity contribution >= 4 is 26.9 Å². The van der Waals surface area contributed by atoms with Gasteiger partial charge in [0, 0.05) is 30.3 Å². The van der Waals surface area contributed by atoms with Crippen LogP contribution in [0.5, 0.6) is 0 Å². The van der Waals surface area contributed by atoms with Crippen molar-refractivity contribution in [1.29, 1.82) is 0 Å². The SMILES string of the molecule is CCCCn1c(=O)n(Cc2ccccc2F)c(=O)c2[nH]c(Cc3ccc(NS(=O)(=O)c4ccc(F)cc4F)cc3)nc21. The molecule has 0 amide bonds. The van der Waals surface area contributed by atoms with E-state index < -0.39 is 43.6 Å². The summed E-state index contributed by atoms with van der Waals surface area (Å²) in [7, 11) is -4.30. The molecule has 0 saturated heterocycles. The van der Waals surface area contributed by atoms with E-state index in [2.05, 4.69) is 14.7 Å². The van der Waals surface area contributed by atoms with Gasteiger partial charge in [0.05, 0.1) is 6.54 Å². The quantitative estimate of drug-likeness (QED) is 0.245. The van der Waals surface area contributed by atoms with Gasteiger partial charge in [0.1, 0.15) is 33.7 Å². The number of benzene rings is 3. The minimum Gasteiger partial charge on any atom is -0.336 e. The lowest BCUT2D eigenvalue weighted by Crippen LogP contribution is -2.40. The number of halogens is 3. The molecular weight excluding hydrogens is 571 g/mol. The maximum atomic E-state index is 14.3. The highest BCUT2D eigenvalue weighted by Crippen LogP contribution is 2.21. The van der Waals surface area contributed by atoms with Crippen LogP contribution in [0.15, 0.2) is 81.2 Å². The van der Waals surface area contributed by atoms with Crippen LogP contribution in [0.3, 0.4) is 0 Å². The van der Waals surface area contributed by atoms with E-state index in [1.807, 2.05) is 6.92 Å². The number of anilines is 1. The predicted octanol–water partition coefficient (Wildman–Crippen LogP) is 4.54. The number of aromatic nitrogens is 4. The lowest BCUT2D eigenvalue weighted by atomic mass is 10.1. The van der Waals surface area contributed by atoms with E-state index in [0.29, 0.717) is 30.4 Å². The number of unbranched alkanes of at least 4 members (excludes halogenated alkanes) is 1. The molecule has 13 heteroatoms. The fourth-order valence-electron chi connectivity index (χ4n) is 4.54. The molecule has 2 heterocycles. The highest BCUT2D eigenvalue weighted by molar-refractivity contribution is 7.92. The summed E-state index contributed by atoms with van der Waals surface area (Å²) in [6.07, 6.45) is 1.67. The molecule has 2 N–H and O–H groups in total. The fraction of sp³-hybridized carbons (Fsp3) is 0.207. The number of fused-ring (bicyclic) bond motifs is 1. The summed E-state index contributed by atoms with van der Waals surface area (Å²) in [5.41, 5.74) is 0.150. The third-order valence-corrected chi connectivity index (χ3v) is 8.11. The van der Waals surface area contributed by atoms with Crippen LogP contribution in [0.2, 0.25) is 0 Å². The van der Waals surface area contributed by atoms with Crippen LogP contribution in [0, 0.1) is 17.5 Å². The Morgan fingerprint density at radius 1 is 0.929 bits per heavy atom. The number of sulfonamides is 1. The fourth-order valence-corrected chi connectivity index (χ4v) is 5.66. The summed E-state index contributed by atoms with van der Waals surface area (Å²) >= 11 is 0. The van der Waals surface area contributed by atoms with Gasteiger partial charge in [0.2, 0.25) is 0 Å². The Morgan fingerprint density at radius 3 is 2.36 bits per heavy atom. The Balaban J connectivity index is 1.43. The predicted molar refractivity (Wildman–Crippen MR) is 151 cm³/mol. The van der Waals surface area contributed by atoms with Crippen molar-refractivity contribution in [3.05, 3.63) is 122 Å². The number of aryl methyl sites for hydroxylation is 1. The Kier molecular flexibility index (Phi) is 8.03. The average molecular weight is 598 g/mol. The number of rotatable bonds is 10. The number of hydrogen-bond acceptors (Lipinski definition) is 5. The zero-order valence-electron chi connectivity index (χ0n) is 22.4. The largest absolute Gasteiger partial charge is 0.336 e. The van der Waals surface area contributed by atoms with Gasteiger partial charge in [0.25, 0.3) is 15.6 Å². The molecule has 0 atom stereocenters. The number of aromatic amines is 1. The average Bonchev–Trinajstić information content (AvgIpc) is 3.36. The first-order chi connectivity index (χ1) is 20.1. The van der Waals surface area contributed by atoms with Crippen molar-refractivity contribution < 1.29 is 21.6 Å². The molecule has 0 aliphatic rings. The molecule has 0 bridgehead atoms. The molecule has 0 aliphatic carbocycles. The second-order valence-corrected chi connectivity index (χ2v) is 11.4. The summed E-state index contributed by atoms with van der Waals surface area (Å²) in [5.74, 6) is -2.25.